The third kappa shape index (κ3) is 3.19. The van der Waals surface area contributed by atoms with Crippen LogP contribution in [0.15, 0.2) is 28.8 Å². The maximum atomic E-state index is 12.4. The number of carbonyl (C=O) groups excluding carboxylic acids is 1. The van der Waals surface area contributed by atoms with Gasteiger partial charge < -0.3 is 14.9 Å². The molecule has 126 valence electrons. The number of hydrogen-bond acceptors (Lipinski definition) is 5. The Kier molecular flexibility index (Phi) is 3.84. The first-order valence-electron chi connectivity index (χ1n) is 8.58. The minimum atomic E-state index is -0.750. The minimum Gasteiger partial charge on any atom is -0.388 e. The molecule has 1 heterocycles. The molecule has 24 heavy (non-hydrogen) atoms. The molecule has 0 unspecified atom stereocenters. The van der Waals surface area contributed by atoms with Crippen molar-refractivity contribution in [2.45, 2.75) is 50.0 Å². The van der Waals surface area contributed by atoms with Gasteiger partial charge in [0.1, 0.15) is 0 Å². The molecule has 0 radical (unpaired) electrons. The van der Waals surface area contributed by atoms with E-state index in [1.165, 1.54) is 0 Å². The summed E-state index contributed by atoms with van der Waals surface area (Å²) in [6.07, 6.45) is 5.74. The molecule has 1 amide bonds. The quantitative estimate of drug-likeness (QED) is 0.881. The third-order valence-electron chi connectivity index (χ3n) is 4.86. The lowest BCUT2D eigenvalue weighted by Gasteiger charge is -2.22. The fourth-order valence-corrected chi connectivity index (χ4v) is 3.20. The Morgan fingerprint density at radius 2 is 2.12 bits per heavy atom. The molecule has 2 aliphatic carbocycles. The SMILES string of the molecule is O=C(NCC1(O)CCCC1)c1cccc(-c2noc(C3CC3)n2)c1. The zero-order valence-electron chi connectivity index (χ0n) is 13.5. The number of rotatable bonds is 5. The average Bonchev–Trinajstić information content (AvgIpc) is 3.17. The summed E-state index contributed by atoms with van der Waals surface area (Å²) >= 11 is 0. The molecule has 0 saturated heterocycles. The summed E-state index contributed by atoms with van der Waals surface area (Å²) in [5.74, 6) is 1.41. The van der Waals surface area contributed by atoms with Gasteiger partial charge in [-0.3, -0.25) is 4.79 Å². The van der Waals surface area contributed by atoms with Crippen molar-refractivity contribution < 1.29 is 14.4 Å². The fraction of sp³-hybridized carbons (Fsp3) is 0.500. The van der Waals surface area contributed by atoms with Gasteiger partial charge in [-0.05, 0) is 37.8 Å². The van der Waals surface area contributed by atoms with Gasteiger partial charge in [0.05, 0.1) is 5.60 Å². The first kappa shape index (κ1) is 15.3. The first-order valence-corrected chi connectivity index (χ1v) is 8.58. The second kappa shape index (κ2) is 6.02. The highest BCUT2D eigenvalue weighted by Gasteiger charge is 2.31. The van der Waals surface area contributed by atoms with Gasteiger partial charge in [0.25, 0.3) is 5.91 Å². The Bertz CT molecular complexity index is 745. The van der Waals surface area contributed by atoms with E-state index in [1.807, 2.05) is 12.1 Å². The molecular formula is C18H21N3O3. The summed E-state index contributed by atoms with van der Waals surface area (Å²) in [5, 5.41) is 17.2. The van der Waals surface area contributed by atoms with Crippen LogP contribution in [0.4, 0.5) is 0 Å². The van der Waals surface area contributed by atoms with E-state index in [0.717, 1.165) is 44.1 Å². The molecule has 0 bridgehead atoms. The second-order valence-electron chi connectivity index (χ2n) is 6.93. The number of nitrogens with zero attached hydrogens (tertiary/aromatic N) is 2. The maximum absolute atomic E-state index is 12.4. The average molecular weight is 327 g/mol. The van der Waals surface area contributed by atoms with E-state index in [-0.39, 0.29) is 5.91 Å². The van der Waals surface area contributed by atoms with Gasteiger partial charge in [-0.1, -0.05) is 30.1 Å². The zero-order chi connectivity index (χ0) is 16.6. The standard InChI is InChI=1S/C18H21N3O3/c22-16(19-11-18(23)8-1-2-9-18)14-5-3-4-13(10-14)15-20-17(24-21-15)12-6-7-12/h3-5,10,12,23H,1-2,6-9,11H2,(H,19,22). The Balaban J connectivity index is 1.46. The van der Waals surface area contributed by atoms with Gasteiger partial charge in [-0.25, -0.2) is 0 Å². The molecule has 0 aliphatic heterocycles. The molecule has 6 heteroatoms. The van der Waals surface area contributed by atoms with Crippen molar-refractivity contribution >= 4 is 5.91 Å². The lowest BCUT2D eigenvalue weighted by molar-refractivity contribution is 0.0449. The van der Waals surface area contributed by atoms with E-state index < -0.39 is 5.60 Å². The third-order valence-corrected chi connectivity index (χ3v) is 4.86. The van der Waals surface area contributed by atoms with E-state index in [2.05, 4.69) is 15.5 Å². The normalized spacial score (nSPS) is 19.4. The van der Waals surface area contributed by atoms with Crippen LogP contribution in [0, 0.1) is 0 Å². The largest absolute Gasteiger partial charge is 0.388 e. The Morgan fingerprint density at radius 1 is 1.33 bits per heavy atom. The highest BCUT2D eigenvalue weighted by atomic mass is 16.5. The number of aliphatic hydroxyl groups is 1. The minimum absolute atomic E-state index is 0.192. The summed E-state index contributed by atoms with van der Waals surface area (Å²) in [6, 6.07) is 7.18. The molecule has 2 saturated carbocycles. The van der Waals surface area contributed by atoms with Crippen molar-refractivity contribution in [3.63, 3.8) is 0 Å². The van der Waals surface area contributed by atoms with Crippen molar-refractivity contribution in [3.05, 3.63) is 35.7 Å². The monoisotopic (exact) mass is 327 g/mol. The summed E-state index contributed by atoms with van der Waals surface area (Å²) in [4.78, 5) is 16.8. The van der Waals surface area contributed by atoms with Gasteiger partial charge in [0.2, 0.25) is 11.7 Å². The van der Waals surface area contributed by atoms with Crippen LogP contribution in [-0.4, -0.2) is 33.3 Å². The molecule has 2 aliphatic rings. The van der Waals surface area contributed by atoms with Crippen LogP contribution in [0.2, 0.25) is 0 Å². The van der Waals surface area contributed by atoms with Crippen molar-refractivity contribution in [1.29, 1.82) is 0 Å². The fourth-order valence-electron chi connectivity index (χ4n) is 3.20. The molecule has 4 rings (SSSR count). The van der Waals surface area contributed by atoms with E-state index in [1.54, 1.807) is 12.1 Å². The Hall–Kier alpha value is -2.21. The lowest BCUT2D eigenvalue weighted by atomic mass is 10.0. The van der Waals surface area contributed by atoms with E-state index in [4.69, 9.17) is 4.52 Å². The highest BCUT2D eigenvalue weighted by molar-refractivity contribution is 5.95. The highest BCUT2D eigenvalue weighted by Crippen LogP contribution is 2.39. The number of carbonyl (C=O) groups is 1. The molecule has 1 aromatic carbocycles. The molecule has 6 nitrogen and oxygen atoms in total. The van der Waals surface area contributed by atoms with Crippen LogP contribution < -0.4 is 5.32 Å². The number of aromatic nitrogens is 2. The van der Waals surface area contributed by atoms with Gasteiger partial charge in [0, 0.05) is 23.6 Å². The van der Waals surface area contributed by atoms with E-state index >= 15 is 0 Å². The molecule has 2 fully saturated rings. The van der Waals surface area contributed by atoms with E-state index in [9.17, 15) is 9.90 Å². The van der Waals surface area contributed by atoms with Crippen molar-refractivity contribution in [2.24, 2.45) is 0 Å². The van der Waals surface area contributed by atoms with Gasteiger partial charge in [-0.2, -0.15) is 4.98 Å². The number of benzene rings is 1. The van der Waals surface area contributed by atoms with Crippen LogP contribution >= 0.6 is 0 Å². The second-order valence-corrected chi connectivity index (χ2v) is 6.93. The number of amides is 1. The van der Waals surface area contributed by atoms with Crippen LogP contribution in [0.25, 0.3) is 11.4 Å². The predicted molar refractivity (Wildman–Crippen MR) is 87.5 cm³/mol. The number of nitrogens with one attached hydrogen (secondary N) is 1. The lowest BCUT2D eigenvalue weighted by Crippen LogP contribution is -2.40. The van der Waals surface area contributed by atoms with Gasteiger partial charge >= 0.3 is 0 Å². The van der Waals surface area contributed by atoms with E-state index in [0.29, 0.717) is 29.7 Å². The summed E-state index contributed by atoms with van der Waals surface area (Å²) in [6.45, 7) is 0.296. The molecule has 2 aromatic rings. The molecule has 0 atom stereocenters. The van der Waals surface area contributed by atoms with Gasteiger partial charge in [-0.15, -0.1) is 0 Å². The van der Waals surface area contributed by atoms with Crippen LogP contribution in [0.3, 0.4) is 0 Å². The zero-order valence-corrected chi connectivity index (χ0v) is 13.5. The van der Waals surface area contributed by atoms with Crippen molar-refractivity contribution in [1.82, 2.24) is 15.5 Å². The van der Waals surface area contributed by atoms with Crippen LogP contribution in [-0.2, 0) is 0 Å². The maximum Gasteiger partial charge on any atom is 0.251 e. The number of hydrogen-bond donors (Lipinski definition) is 2. The molecule has 2 N–H and O–H groups in total. The van der Waals surface area contributed by atoms with Crippen molar-refractivity contribution in [2.75, 3.05) is 6.54 Å². The Morgan fingerprint density at radius 3 is 2.88 bits per heavy atom. The van der Waals surface area contributed by atoms with Crippen molar-refractivity contribution in [3.8, 4) is 11.4 Å². The van der Waals surface area contributed by atoms with Crippen LogP contribution in [0.1, 0.15) is 60.7 Å². The first-order chi connectivity index (χ1) is 11.6. The summed E-state index contributed by atoms with van der Waals surface area (Å²) < 4.78 is 5.28. The molecule has 1 aromatic heterocycles. The topological polar surface area (TPSA) is 88.2 Å². The molecule has 0 spiro atoms. The summed E-state index contributed by atoms with van der Waals surface area (Å²) in [7, 11) is 0. The molecular weight excluding hydrogens is 306 g/mol. The Labute approximate surface area is 140 Å². The van der Waals surface area contributed by atoms with Crippen LogP contribution in [0.5, 0.6) is 0 Å². The summed E-state index contributed by atoms with van der Waals surface area (Å²) in [5.41, 5.74) is 0.546. The van der Waals surface area contributed by atoms with Gasteiger partial charge in [0.15, 0.2) is 0 Å². The smallest absolute Gasteiger partial charge is 0.251 e. The predicted octanol–water partition coefficient (Wildman–Crippen LogP) is 2.65.